The summed E-state index contributed by atoms with van der Waals surface area (Å²) in [6.45, 7) is 1.21. The minimum absolute atomic E-state index is 0.111. The highest BCUT2D eigenvalue weighted by atomic mass is 19.1. The summed E-state index contributed by atoms with van der Waals surface area (Å²) in [4.78, 5) is 34.5. The SMILES string of the molecule is C#CC[C@@H](NC(=O)[C@H](Cc1ccccc1F)NC(C)=O)C(=O)O. The second kappa shape index (κ2) is 8.54. The molecule has 0 aliphatic carbocycles. The lowest BCUT2D eigenvalue weighted by Crippen LogP contribution is -2.52. The molecule has 0 aromatic heterocycles. The number of benzene rings is 1. The summed E-state index contributed by atoms with van der Waals surface area (Å²) in [7, 11) is 0. The van der Waals surface area contributed by atoms with Gasteiger partial charge in [-0.1, -0.05) is 18.2 Å². The van der Waals surface area contributed by atoms with Gasteiger partial charge >= 0.3 is 5.97 Å². The number of terminal acetylenes is 1. The van der Waals surface area contributed by atoms with Gasteiger partial charge in [-0.2, -0.15) is 0 Å². The van der Waals surface area contributed by atoms with Crippen molar-refractivity contribution in [1.29, 1.82) is 0 Å². The number of hydrogen-bond acceptors (Lipinski definition) is 3. The Labute approximate surface area is 133 Å². The van der Waals surface area contributed by atoms with E-state index < -0.39 is 35.7 Å². The summed E-state index contributed by atoms with van der Waals surface area (Å²) in [5.74, 6) is -0.897. The van der Waals surface area contributed by atoms with Crippen molar-refractivity contribution in [3.8, 4) is 12.3 Å². The van der Waals surface area contributed by atoms with E-state index in [-0.39, 0.29) is 18.4 Å². The molecule has 1 aromatic rings. The predicted octanol–water partition coefficient (Wildman–Crippen LogP) is 0.466. The van der Waals surface area contributed by atoms with Crippen LogP contribution in [0.4, 0.5) is 4.39 Å². The lowest BCUT2D eigenvalue weighted by atomic mass is 10.0. The normalized spacial score (nSPS) is 12.6. The standard InChI is InChI=1S/C16H17FN2O4/c1-3-6-13(16(22)23)19-15(21)14(18-10(2)20)9-11-7-4-5-8-12(11)17/h1,4-5,7-8,13-14H,6,9H2,2H3,(H,18,20)(H,19,21)(H,22,23)/t13-,14+/m1/s1. The number of carbonyl (C=O) groups excluding carboxylic acids is 2. The summed E-state index contributed by atoms with van der Waals surface area (Å²) < 4.78 is 13.7. The Hall–Kier alpha value is -2.88. The van der Waals surface area contributed by atoms with E-state index in [2.05, 4.69) is 16.6 Å². The van der Waals surface area contributed by atoms with Crippen LogP contribution in [0, 0.1) is 18.2 Å². The first kappa shape index (κ1) is 18.2. The minimum Gasteiger partial charge on any atom is -0.480 e. The molecule has 1 rings (SSSR count). The van der Waals surface area contributed by atoms with Crippen LogP contribution in [0.1, 0.15) is 18.9 Å². The molecule has 2 atom stereocenters. The van der Waals surface area contributed by atoms with E-state index in [1.54, 1.807) is 6.07 Å². The molecule has 3 N–H and O–H groups in total. The van der Waals surface area contributed by atoms with Gasteiger partial charge in [0, 0.05) is 19.8 Å². The van der Waals surface area contributed by atoms with Crippen molar-refractivity contribution in [3.63, 3.8) is 0 Å². The number of carboxylic acids is 1. The minimum atomic E-state index is -1.29. The molecule has 1 aromatic carbocycles. The van der Waals surface area contributed by atoms with Crippen molar-refractivity contribution in [2.75, 3.05) is 0 Å². The van der Waals surface area contributed by atoms with E-state index >= 15 is 0 Å². The third-order valence-corrected chi connectivity index (χ3v) is 3.01. The van der Waals surface area contributed by atoms with Crippen LogP contribution in [-0.4, -0.2) is 35.0 Å². The molecule has 0 aliphatic rings. The lowest BCUT2D eigenvalue weighted by molar-refractivity contribution is -0.142. The lowest BCUT2D eigenvalue weighted by Gasteiger charge is -2.20. The fraction of sp³-hybridized carbons (Fsp3) is 0.312. The zero-order valence-electron chi connectivity index (χ0n) is 12.5. The predicted molar refractivity (Wildman–Crippen MR) is 80.7 cm³/mol. The van der Waals surface area contributed by atoms with E-state index in [4.69, 9.17) is 11.5 Å². The number of carboxylic acid groups (broad SMARTS) is 1. The van der Waals surface area contributed by atoms with Gasteiger partial charge in [-0.15, -0.1) is 12.3 Å². The maximum Gasteiger partial charge on any atom is 0.327 e. The van der Waals surface area contributed by atoms with Gasteiger partial charge in [0.15, 0.2) is 0 Å². The molecule has 7 heteroatoms. The number of aliphatic carboxylic acids is 1. The Bertz CT molecular complexity index is 639. The largest absolute Gasteiger partial charge is 0.480 e. The van der Waals surface area contributed by atoms with Gasteiger partial charge in [-0.05, 0) is 11.6 Å². The summed E-state index contributed by atoms with van der Waals surface area (Å²) in [5, 5.41) is 13.6. The maximum absolute atomic E-state index is 13.7. The average molecular weight is 320 g/mol. The van der Waals surface area contributed by atoms with Crippen LogP contribution in [0.3, 0.4) is 0 Å². The van der Waals surface area contributed by atoms with Crippen molar-refractivity contribution in [3.05, 3.63) is 35.6 Å². The van der Waals surface area contributed by atoms with Gasteiger partial charge in [0.1, 0.15) is 17.9 Å². The van der Waals surface area contributed by atoms with Crippen LogP contribution in [0.2, 0.25) is 0 Å². The van der Waals surface area contributed by atoms with Crippen LogP contribution in [0.5, 0.6) is 0 Å². The third kappa shape index (κ3) is 5.79. The maximum atomic E-state index is 13.7. The second-order valence-electron chi connectivity index (χ2n) is 4.86. The van der Waals surface area contributed by atoms with Gasteiger partial charge in [0.25, 0.3) is 0 Å². The molecular formula is C16H17FN2O4. The number of halogens is 1. The van der Waals surface area contributed by atoms with Gasteiger partial charge in [-0.3, -0.25) is 9.59 Å². The molecule has 2 amide bonds. The van der Waals surface area contributed by atoms with Crippen molar-refractivity contribution in [1.82, 2.24) is 10.6 Å². The Morgan fingerprint density at radius 3 is 2.43 bits per heavy atom. The second-order valence-corrected chi connectivity index (χ2v) is 4.86. The molecule has 122 valence electrons. The van der Waals surface area contributed by atoms with Crippen LogP contribution in [0.15, 0.2) is 24.3 Å². The Morgan fingerprint density at radius 1 is 1.26 bits per heavy atom. The van der Waals surface area contributed by atoms with E-state index in [9.17, 15) is 18.8 Å². The van der Waals surface area contributed by atoms with Gasteiger partial charge in [0.05, 0.1) is 0 Å². The number of hydrogen-bond donors (Lipinski definition) is 3. The van der Waals surface area contributed by atoms with Crippen molar-refractivity contribution < 1.29 is 23.9 Å². The van der Waals surface area contributed by atoms with Gasteiger partial charge < -0.3 is 15.7 Å². The highest BCUT2D eigenvalue weighted by molar-refractivity contribution is 5.90. The molecule has 23 heavy (non-hydrogen) atoms. The Balaban J connectivity index is 2.90. The van der Waals surface area contributed by atoms with E-state index in [1.807, 2.05) is 0 Å². The highest BCUT2D eigenvalue weighted by Gasteiger charge is 2.26. The number of amides is 2. The molecule has 0 bridgehead atoms. The molecule has 0 radical (unpaired) electrons. The van der Waals surface area contributed by atoms with Crippen LogP contribution in [-0.2, 0) is 20.8 Å². The van der Waals surface area contributed by atoms with Crippen molar-refractivity contribution in [2.24, 2.45) is 0 Å². The zero-order valence-corrected chi connectivity index (χ0v) is 12.5. The topological polar surface area (TPSA) is 95.5 Å². The number of carbonyl (C=O) groups is 3. The molecule has 0 fully saturated rings. The molecule has 6 nitrogen and oxygen atoms in total. The average Bonchev–Trinajstić information content (AvgIpc) is 2.47. The summed E-state index contributed by atoms with van der Waals surface area (Å²) in [6.07, 6.45) is 4.75. The first-order chi connectivity index (χ1) is 10.8. The third-order valence-electron chi connectivity index (χ3n) is 3.01. The first-order valence-corrected chi connectivity index (χ1v) is 6.82. The molecule has 0 heterocycles. The quantitative estimate of drug-likeness (QED) is 0.636. The summed E-state index contributed by atoms with van der Waals surface area (Å²) in [5.41, 5.74) is 0.227. The fourth-order valence-corrected chi connectivity index (χ4v) is 1.93. The van der Waals surface area contributed by atoms with E-state index in [0.29, 0.717) is 0 Å². The van der Waals surface area contributed by atoms with E-state index in [1.165, 1.54) is 25.1 Å². The van der Waals surface area contributed by atoms with Gasteiger partial charge in [0.2, 0.25) is 11.8 Å². The van der Waals surface area contributed by atoms with Gasteiger partial charge in [-0.25, -0.2) is 9.18 Å². The van der Waals surface area contributed by atoms with Crippen LogP contribution >= 0.6 is 0 Å². The van der Waals surface area contributed by atoms with Crippen molar-refractivity contribution in [2.45, 2.75) is 31.8 Å². The molecule has 0 aliphatic heterocycles. The van der Waals surface area contributed by atoms with E-state index in [0.717, 1.165) is 0 Å². The molecular weight excluding hydrogens is 303 g/mol. The number of rotatable bonds is 7. The monoisotopic (exact) mass is 320 g/mol. The first-order valence-electron chi connectivity index (χ1n) is 6.82. The highest BCUT2D eigenvalue weighted by Crippen LogP contribution is 2.10. The van der Waals surface area contributed by atoms with Crippen LogP contribution in [0.25, 0.3) is 0 Å². The van der Waals surface area contributed by atoms with Crippen molar-refractivity contribution >= 4 is 17.8 Å². The summed E-state index contributed by atoms with van der Waals surface area (Å²) >= 11 is 0. The summed E-state index contributed by atoms with van der Waals surface area (Å²) in [6, 6.07) is 3.43. The Kier molecular flexibility index (Phi) is 6.74. The Morgan fingerprint density at radius 2 is 1.91 bits per heavy atom. The smallest absolute Gasteiger partial charge is 0.327 e. The fourth-order valence-electron chi connectivity index (χ4n) is 1.93. The molecule has 0 unspecified atom stereocenters. The molecule has 0 saturated heterocycles. The van der Waals surface area contributed by atoms with Crippen LogP contribution < -0.4 is 10.6 Å². The number of nitrogens with one attached hydrogen (secondary N) is 2. The molecule has 0 spiro atoms. The molecule has 0 saturated carbocycles. The zero-order chi connectivity index (χ0) is 17.4.